The predicted molar refractivity (Wildman–Crippen MR) is 79.5 cm³/mol. The van der Waals surface area contributed by atoms with Crippen molar-refractivity contribution in [2.75, 3.05) is 0 Å². The van der Waals surface area contributed by atoms with Gasteiger partial charge in [-0.05, 0) is 43.2 Å². The SMILES string of the molecule is CC(N)Cc1cc(Cl)ccc1OCc1ccccc1F. The molecule has 0 aliphatic rings. The summed E-state index contributed by atoms with van der Waals surface area (Å²) in [5.74, 6) is 0.421. The minimum Gasteiger partial charge on any atom is -0.489 e. The molecule has 1 unspecified atom stereocenters. The van der Waals surface area contributed by atoms with Crippen molar-refractivity contribution < 1.29 is 9.13 Å². The van der Waals surface area contributed by atoms with Crippen LogP contribution in [0.4, 0.5) is 4.39 Å². The summed E-state index contributed by atoms with van der Waals surface area (Å²) in [5.41, 5.74) is 7.27. The maximum atomic E-state index is 13.5. The summed E-state index contributed by atoms with van der Waals surface area (Å²) in [5, 5.41) is 0.638. The van der Waals surface area contributed by atoms with Crippen LogP contribution in [0.25, 0.3) is 0 Å². The molecule has 0 saturated heterocycles. The van der Waals surface area contributed by atoms with E-state index in [1.54, 1.807) is 30.3 Å². The third kappa shape index (κ3) is 3.95. The molecule has 4 heteroatoms. The predicted octanol–water partition coefficient (Wildman–Crippen LogP) is 3.95. The van der Waals surface area contributed by atoms with Crippen molar-refractivity contribution in [1.29, 1.82) is 0 Å². The van der Waals surface area contributed by atoms with Crippen LogP contribution in [0.15, 0.2) is 42.5 Å². The van der Waals surface area contributed by atoms with Gasteiger partial charge in [0.05, 0.1) is 0 Å². The maximum Gasteiger partial charge on any atom is 0.129 e. The first-order valence-electron chi connectivity index (χ1n) is 6.46. The molecule has 0 saturated carbocycles. The number of hydrogen-bond donors (Lipinski definition) is 1. The number of ether oxygens (including phenoxy) is 1. The monoisotopic (exact) mass is 293 g/mol. The minimum absolute atomic E-state index is 0.00396. The molecule has 20 heavy (non-hydrogen) atoms. The van der Waals surface area contributed by atoms with Crippen LogP contribution in [0.2, 0.25) is 5.02 Å². The summed E-state index contributed by atoms with van der Waals surface area (Å²) in [7, 11) is 0. The molecule has 0 aliphatic carbocycles. The van der Waals surface area contributed by atoms with Crippen LogP contribution < -0.4 is 10.5 Å². The lowest BCUT2D eigenvalue weighted by Crippen LogP contribution is -2.18. The van der Waals surface area contributed by atoms with E-state index in [1.807, 2.05) is 13.0 Å². The van der Waals surface area contributed by atoms with Gasteiger partial charge in [-0.2, -0.15) is 0 Å². The van der Waals surface area contributed by atoms with Crippen LogP contribution in [-0.2, 0) is 13.0 Å². The Morgan fingerprint density at radius 3 is 2.65 bits per heavy atom. The van der Waals surface area contributed by atoms with Crippen LogP contribution in [0, 0.1) is 5.82 Å². The zero-order chi connectivity index (χ0) is 14.5. The highest BCUT2D eigenvalue weighted by Gasteiger charge is 2.09. The Balaban J connectivity index is 2.15. The third-order valence-electron chi connectivity index (χ3n) is 2.91. The first kappa shape index (κ1) is 14.8. The molecule has 2 aromatic carbocycles. The summed E-state index contributed by atoms with van der Waals surface area (Å²) < 4.78 is 19.3. The summed E-state index contributed by atoms with van der Waals surface area (Å²) in [6.45, 7) is 2.10. The smallest absolute Gasteiger partial charge is 0.129 e. The molecule has 0 heterocycles. The number of benzene rings is 2. The van der Waals surface area contributed by atoms with Crippen molar-refractivity contribution >= 4 is 11.6 Å². The lowest BCUT2D eigenvalue weighted by molar-refractivity contribution is 0.296. The number of halogens is 2. The zero-order valence-corrected chi connectivity index (χ0v) is 12.0. The molecular weight excluding hydrogens is 277 g/mol. The molecule has 106 valence electrons. The Kier molecular flexibility index (Phi) is 4.99. The highest BCUT2D eigenvalue weighted by Crippen LogP contribution is 2.25. The van der Waals surface area contributed by atoms with Crippen LogP contribution in [-0.4, -0.2) is 6.04 Å². The van der Waals surface area contributed by atoms with Crippen LogP contribution in [0.1, 0.15) is 18.1 Å². The standard InChI is InChI=1S/C16H17ClFNO/c1-11(19)8-13-9-14(17)6-7-16(13)20-10-12-4-2-3-5-15(12)18/h2-7,9,11H,8,10,19H2,1H3. The molecule has 2 nitrogen and oxygen atoms in total. The second kappa shape index (κ2) is 6.73. The molecule has 0 fully saturated rings. The van der Waals surface area contributed by atoms with E-state index in [1.165, 1.54) is 6.07 Å². The van der Waals surface area contributed by atoms with Gasteiger partial charge in [-0.3, -0.25) is 0 Å². The highest BCUT2D eigenvalue weighted by atomic mass is 35.5. The van der Waals surface area contributed by atoms with Crippen LogP contribution in [0.3, 0.4) is 0 Å². The van der Waals surface area contributed by atoms with Gasteiger partial charge in [0.25, 0.3) is 0 Å². The molecule has 0 aromatic heterocycles. The Morgan fingerprint density at radius 1 is 1.20 bits per heavy atom. The van der Waals surface area contributed by atoms with Crippen molar-refractivity contribution in [2.45, 2.75) is 26.0 Å². The summed E-state index contributed by atoms with van der Waals surface area (Å²) in [4.78, 5) is 0. The van der Waals surface area contributed by atoms with Crippen molar-refractivity contribution in [1.82, 2.24) is 0 Å². The quantitative estimate of drug-likeness (QED) is 0.906. The van der Waals surface area contributed by atoms with E-state index < -0.39 is 0 Å². The lowest BCUT2D eigenvalue weighted by Gasteiger charge is -2.14. The van der Waals surface area contributed by atoms with E-state index in [-0.39, 0.29) is 18.5 Å². The minimum atomic E-state index is -0.268. The average molecular weight is 294 g/mol. The van der Waals surface area contributed by atoms with Gasteiger partial charge in [0.2, 0.25) is 0 Å². The van der Waals surface area contributed by atoms with Gasteiger partial charge >= 0.3 is 0 Å². The number of nitrogens with two attached hydrogens (primary N) is 1. The summed E-state index contributed by atoms with van der Waals surface area (Å²) in [6, 6.07) is 11.9. The molecular formula is C16H17ClFNO. The molecule has 0 spiro atoms. The fraction of sp³-hybridized carbons (Fsp3) is 0.250. The zero-order valence-electron chi connectivity index (χ0n) is 11.3. The van der Waals surface area contributed by atoms with Gasteiger partial charge in [-0.1, -0.05) is 29.8 Å². The van der Waals surface area contributed by atoms with Crippen LogP contribution >= 0.6 is 11.6 Å². The number of hydrogen-bond acceptors (Lipinski definition) is 2. The van der Waals surface area contributed by atoms with Crippen molar-refractivity contribution in [3.8, 4) is 5.75 Å². The van der Waals surface area contributed by atoms with Crippen molar-refractivity contribution in [2.24, 2.45) is 5.73 Å². The fourth-order valence-corrected chi connectivity index (χ4v) is 2.16. The largest absolute Gasteiger partial charge is 0.489 e. The van der Waals surface area contributed by atoms with Crippen LogP contribution in [0.5, 0.6) is 5.75 Å². The van der Waals surface area contributed by atoms with Gasteiger partial charge in [0.1, 0.15) is 18.2 Å². The Labute approximate surface area is 123 Å². The average Bonchev–Trinajstić information content (AvgIpc) is 2.39. The van der Waals surface area contributed by atoms with Gasteiger partial charge in [0, 0.05) is 16.6 Å². The van der Waals surface area contributed by atoms with Crippen molar-refractivity contribution in [3.05, 3.63) is 64.4 Å². The van der Waals surface area contributed by atoms with Gasteiger partial charge < -0.3 is 10.5 Å². The van der Waals surface area contributed by atoms with Gasteiger partial charge in [0.15, 0.2) is 0 Å². The van der Waals surface area contributed by atoms with E-state index >= 15 is 0 Å². The second-order valence-corrected chi connectivity index (χ2v) is 5.25. The third-order valence-corrected chi connectivity index (χ3v) is 3.14. The Morgan fingerprint density at radius 2 is 1.95 bits per heavy atom. The number of rotatable bonds is 5. The van der Waals surface area contributed by atoms with E-state index in [0.717, 1.165) is 5.56 Å². The molecule has 1 atom stereocenters. The molecule has 2 rings (SSSR count). The summed E-state index contributed by atoms with van der Waals surface area (Å²) in [6.07, 6.45) is 0.660. The molecule has 2 N–H and O–H groups in total. The van der Waals surface area contributed by atoms with E-state index in [0.29, 0.717) is 22.8 Å². The summed E-state index contributed by atoms with van der Waals surface area (Å²) >= 11 is 5.99. The maximum absolute atomic E-state index is 13.5. The second-order valence-electron chi connectivity index (χ2n) is 4.81. The first-order valence-corrected chi connectivity index (χ1v) is 6.84. The van der Waals surface area contributed by atoms with E-state index in [9.17, 15) is 4.39 Å². The van der Waals surface area contributed by atoms with E-state index in [2.05, 4.69) is 0 Å². The lowest BCUT2D eigenvalue weighted by atomic mass is 10.1. The first-order chi connectivity index (χ1) is 9.56. The topological polar surface area (TPSA) is 35.2 Å². The Hall–Kier alpha value is -1.58. The highest BCUT2D eigenvalue weighted by molar-refractivity contribution is 6.30. The molecule has 0 amide bonds. The van der Waals surface area contributed by atoms with Crippen molar-refractivity contribution in [3.63, 3.8) is 0 Å². The molecule has 2 aromatic rings. The van der Waals surface area contributed by atoms with E-state index in [4.69, 9.17) is 22.1 Å². The van der Waals surface area contributed by atoms with Gasteiger partial charge in [-0.15, -0.1) is 0 Å². The molecule has 0 radical (unpaired) electrons. The van der Waals surface area contributed by atoms with Gasteiger partial charge in [-0.25, -0.2) is 4.39 Å². The fourth-order valence-electron chi connectivity index (χ4n) is 1.97. The normalized spacial score (nSPS) is 12.2. The Bertz CT molecular complexity index is 586. The molecule has 0 bridgehead atoms. The molecule has 0 aliphatic heterocycles.